The van der Waals surface area contributed by atoms with Crippen LogP contribution in [0.4, 0.5) is 0 Å². The second kappa shape index (κ2) is 4.13. The van der Waals surface area contributed by atoms with Crippen LogP contribution in [0.1, 0.15) is 5.56 Å². The highest BCUT2D eigenvalue weighted by Gasteiger charge is 2.07. The van der Waals surface area contributed by atoms with Gasteiger partial charge in [0.15, 0.2) is 0 Å². The summed E-state index contributed by atoms with van der Waals surface area (Å²) in [5, 5.41) is 0.777. The van der Waals surface area contributed by atoms with Crippen LogP contribution in [0.2, 0.25) is 5.02 Å². The average molecular weight is 260 g/mol. The Kier molecular flexibility index (Phi) is 2.61. The van der Waals surface area contributed by atoms with Crippen molar-refractivity contribution in [2.75, 3.05) is 0 Å². The van der Waals surface area contributed by atoms with E-state index in [0.29, 0.717) is 0 Å². The summed E-state index contributed by atoms with van der Waals surface area (Å²) in [6.07, 6.45) is 1.75. The summed E-state index contributed by atoms with van der Waals surface area (Å²) >= 11 is 7.85. The summed E-state index contributed by atoms with van der Waals surface area (Å²) in [6.45, 7) is 2.10. The molecule has 0 aliphatic heterocycles. The fourth-order valence-corrected chi connectivity index (χ4v) is 3.13. The summed E-state index contributed by atoms with van der Waals surface area (Å²) in [5.74, 6) is 0. The number of rotatable bonds is 1. The molecule has 0 saturated heterocycles. The van der Waals surface area contributed by atoms with Crippen molar-refractivity contribution in [3.8, 4) is 10.4 Å². The van der Waals surface area contributed by atoms with Gasteiger partial charge in [-0.3, -0.25) is 4.98 Å². The van der Waals surface area contributed by atoms with Gasteiger partial charge in [-0.05, 0) is 24.6 Å². The number of hydrogen-bond acceptors (Lipinski definition) is 2. The first kappa shape index (κ1) is 10.8. The molecule has 17 heavy (non-hydrogen) atoms. The Hall–Kier alpha value is -1.38. The minimum Gasteiger partial charge on any atom is -0.255 e. The van der Waals surface area contributed by atoms with Crippen molar-refractivity contribution in [3.05, 3.63) is 53.2 Å². The Morgan fingerprint density at radius 1 is 1.18 bits per heavy atom. The third-order valence-corrected chi connectivity index (χ3v) is 4.30. The van der Waals surface area contributed by atoms with Gasteiger partial charge >= 0.3 is 0 Å². The van der Waals surface area contributed by atoms with E-state index in [4.69, 9.17) is 11.6 Å². The normalized spacial score (nSPS) is 10.9. The summed E-state index contributed by atoms with van der Waals surface area (Å²) < 4.78 is 1.06. The number of halogens is 1. The molecule has 0 atom stereocenters. The topological polar surface area (TPSA) is 12.9 Å². The molecule has 0 bridgehead atoms. The smallest absolute Gasteiger partial charge is 0.0831 e. The Bertz CT molecular complexity index is 688. The van der Waals surface area contributed by atoms with Crippen molar-refractivity contribution in [1.29, 1.82) is 0 Å². The molecule has 0 saturated carbocycles. The number of thiophene rings is 1. The zero-order chi connectivity index (χ0) is 11.8. The molecule has 0 aliphatic rings. The van der Waals surface area contributed by atoms with Gasteiger partial charge in [0.25, 0.3) is 0 Å². The van der Waals surface area contributed by atoms with E-state index in [2.05, 4.69) is 42.2 Å². The second-order valence-corrected chi connectivity index (χ2v) is 5.45. The lowest BCUT2D eigenvalue weighted by Gasteiger charge is -1.97. The summed E-state index contributed by atoms with van der Waals surface area (Å²) in [7, 11) is 0. The van der Waals surface area contributed by atoms with Gasteiger partial charge in [0.1, 0.15) is 0 Å². The lowest BCUT2D eigenvalue weighted by molar-refractivity contribution is 1.43. The molecule has 2 aromatic heterocycles. The van der Waals surface area contributed by atoms with E-state index >= 15 is 0 Å². The molecule has 2 heterocycles. The first-order chi connectivity index (χ1) is 8.24. The van der Waals surface area contributed by atoms with Gasteiger partial charge in [-0.2, -0.15) is 0 Å². The SMILES string of the molecule is Cc1cccc(-c2cc3nccc(Cl)c3s2)c1. The lowest BCUT2D eigenvalue weighted by Crippen LogP contribution is -1.74. The number of aromatic nitrogens is 1. The van der Waals surface area contributed by atoms with Crippen LogP contribution in [0.25, 0.3) is 20.7 Å². The maximum absolute atomic E-state index is 6.16. The third-order valence-electron chi connectivity index (χ3n) is 2.67. The summed E-state index contributed by atoms with van der Waals surface area (Å²) in [4.78, 5) is 5.55. The van der Waals surface area contributed by atoms with Crippen LogP contribution < -0.4 is 0 Å². The molecule has 0 N–H and O–H groups in total. The molecule has 0 unspecified atom stereocenters. The molecule has 84 valence electrons. The van der Waals surface area contributed by atoms with Crippen LogP contribution >= 0.6 is 22.9 Å². The van der Waals surface area contributed by atoms with Crippen LogP contribution in [-0.4, -0.2) is 4.98 Å². The Labute approximate surface area is 109 Å². The highest BCUT2D eigenvalue weighted by Crippen LogP contribution is 2.36. The summed E-state index contributed by atoms with van der Waals surface area (Å²) in [5.41, 5.74) is 3.46. The molecule has 0 aliphatic carbocycles. The highest BCUT2D eigenvalue weighted by atomic mass is 35.5. The van der Waals surface area contributed by atoms with Crippen molar-refractivity contribution in [3.63, 3.8) is 0 Å². The zero-order valence-electron chi connectivity index (χ0n) is 9.27. The van der Waals surface area contributed by atoms with Gasteiger partial charge in [0.2, 0.25) is 0 Å². The van der Waals surface area contributed by atoms with E-state index in [1.165, 1.54) is 16.0 Å². The van der Waals surface area contributed by atoms with Gasteiger partial charge in [-0.25, -0.2) is 0 Å². The van der Waals surface area contributed by atoms with Crippen molar-refractivity contribution >= 4 is 33.2 Å². The fourth-order valence-electron chi connectivity index (χ4n) is 1.85. The van der Waals surface area contributed by atoms with E-state index in [1.807, 2.05) is 6.07 Å². The van der Waals surface area contributed by atoms with Crippen LogP contribution in [0.15, 0.2) is 42.6 Å². The number of hydrogen-bond donors (Lipinski definition) is 0. The predicted octanol–water partition coefficient (Wildman–Crippen LogP) is 4.93. The van der Waals surface area contributed by atoms with E-state index in [-0.39, 0.29) is 0 Å². The second-order valence-electron chi connectivity index (χ2n) is 3.99. The molecule has 0 radical (unpaired) electrons. The minimum absolute atomic E-state index is 0.777. The third kappa shape index (κ3) is 1.94. The van der Waals surface area contributed by atoms with E-state index < -0.39 is 0 Å². The largest absolute Gasteiger partial charge is 0.255 e. The van der Waals surface area contributed by atoms with E-state index in [1.54, 1.807) is 17.5 Å². The highest BCUT2D eigenvalue weighted by molar-refractivity contribution is 7.22. The maximum Gasteiger partial charge on any atom is 0.0831 e. The zero-order valence-corrected chi connectivity index (χ0v) is 10.8. The van der Waals surface area contributed by atoms with Crippen molar-refractivity contribution < 1.29 is 0 Å². The Morgan fingerprint density at radius 3 is 2.82 bits per heavy atom. The number of fused-ring (bicyclic) bond motifs is 1. The molecular weight excluding hydrogens is 250 g/mol. The van der Waals surface area contributed by atoms with Crippen LogP contribution in [-0.2, 0) is 0 Å². The summed E-state index contributed by atoms with van der Waals surface area (Å²) in [6, 6.07) is 12.4. The Balaban J connectivity index is 2.22. The molecule has 3 heteroatoms. The number of pyridine rings is 1. The van der Waals surface area contributed by atoms with Crippen LogP contribution in [0, 0.1) is 6.92 Å². The molecule has 0 amide bonds. The molecule has 0 spiro atoms. The van der Waals surface area contributed by atoms with Gasteiger partial charge in [-0.1, -0.05) is 41.4 Å². The van der Waals surface area contributed by atoms with Crippen molar-refractivity contribution in [2.24, 2.45) is 0 Å². The van der Waals surface area contributed by atoms with Gasteiger partial charge in [-0.15, -0.1) is 11.3 Å². The van der Waals surface area contributed by atoms with E-state index in [0.717, 1.165) is 15.2 Å². The Morgan fingerprint density at radius 2 is 2.06 bits per heavy atom. The molecule has 1 nitrogen and oxygen atoms in total. The quantitative estimate of drug-likeness (QED) is 0.604. The predicted molar refractivity (Wildman–Crippen MR) is 74.8 cm³/mol. The average Bonchev–Trinajstić information content (AvgIpc) is 2.74. The van der Waals surface area contributed by atoms with Gasteiger partial charge in [0.05, 0.1) is 15.2 Å². The monoisotopic (exact) mass is 259 g/mol. The van der Waals surface area contributed by atoms with Gasteiger partial charge in [0, 0.05) is 11.1 Å². The maximum atomic E-state index is 6.16. The lowest BCUT2D eigenvalue weighted by atomic mass is 10.1. The standard InChI is InChI=1S/C14H10ClNS/c1-9-3-2-4-10(7-9)13-8-12-14(17-13)11(15)5-6-16-12/h2-8H,1H3. The minimum atomic E-state index is 0.777. The van der Waals surface area contributed by atoms with Crippen LogP contribution in [0.5, 0.6) is 0 Å². The molecule has 1 aromatic carbocycles. The van der Waals surface area contributed by atoms with Crippen molar-refractivity contribution in [1.82, 2.24) is 4.98 Å². The molecule has 0 fully saturated rings. The molecule has 3 rings (SSSR count). The number of benzene rings is 1. The number of aryl methyl sites for hydroxylation is 1. The molecule has 3 aromatic rings. The first-order valence-electron chi connectivity index (χ1n) is 5.35. The molecular formula is C14H10ClNS. The fraction of sp³-hybridized carbons (Fsp3) is 0.0714. The van der Waals surface area contributed by atoms with Crippen molar-refractivity contribution in [2.45, 2.75) is 6.92 Å². The van der Waals surface area contributed by atoms with Gasteiger partial charge < -0.3 is 0 Å². The first-order valence-corrected chi connectivity index (χ1v) is 6.54. The van der Waals surface area contributed by atoms with Crippen LogP contribution in [0.3, 0.4) is 0 Å². The van der Waals surface area contributed by atoms with E-state index in [9.17, 15) is 0 Å². The number of nitrogens with zero attached hydrogens (tertiary/aromatic N) is 1.